The largest absolute Gasteiger partial charge is 0.368 e. The van der Waals surface area contributed by atoms with Crippen LogP contribution in [0.2, 0.25) is 5.02 Å². The zero-order valence-corrected chi connectivity index (χ0v) is 13.7. The minimum atomic E-state index is -0.276. The van der Waals surface area contributed by atoms with Crippen LogP contribution in [-0.4, -0.2) is 33.0 Å². The standard InChI is InChI=1S/C15H18ClN5O2/c1-20-15(22)12(16)11(7-17-20)21-6-2-3-10(8-21)13-18-14(23-19-13)9-4-5-9/h7,9-10H,2-6,8H2,1H3/t10-/m0/s1. The Labute approximate surface area is 138 Å². The van der Waals surface area contributed by atoms with Crippen molar-refractivity contribution < 1.29 is 4.52 Å². The van der Waals surface area contributed by atoms with Gasteiger partial charge in [0.25, 0.3) is 5.56 Å². The number of aromatic nitrogens is 4. The fourth-order valence-corrected chi connectivity index (χ4v) is 3.33. The highest BCUT2D eigenvalue weighted by molar-refractivity contribution is 6.33. The van der Waals surface area contributed by atoms with E-state index in [0.717, 1.165) is 50.5 Å². The summed E-state index contributed by atoms with van der Waals surface area (Å²) in [6.07, 6.45) is 5.94. The molecule has 0 N–H and O–H groups in total. The molecule has 0 radical (unpaired) electrons. The number of aryl methyl sites for hydroxylation is 1. The van der Waals surface area contributed by atoms with E-state index in [2.05, 4.69) is 20.1 Å². The number of hydrogen-bond donors (Lipinski definition) is 0. The molecule has 0 unspecified atom stereocenters. The summed E-state index contributed by atoms with van der Waals surface area (Å²) in [4.78, 5) is 18.6. The lowest BCUT2D eigenvalue weighted by atomic mass is 9.97. The molecule has 4 rings (SSSR count). The van der Waals surface area contributed by atoms with Gasteiger partial charge >= 0.3 is 0 Å². The van der Waals surface area contributed by atoms with Gasteiger partial charge in [-0.3, -0.25) is 4.79 Å². The Bertz CT molecular complexity index is 782. The molecule has 0 amide bonds. The molecule has 2 aliphatic rings. The highest BCUT2D eigenvalue weighted by atomic mass is 35.5. The van der Waals surface area contributed by atoms with Crippen molar-refractivity contribution in [3.63, 3.8) is 0 Å². The first-order chi connectivity index (χ1) is 11.1. The van der Waals surface area contributed by atoms with Crippen molar-refractivity contribution in [1.82, 2.24) is 19.9 Å². The number of halogens is 1. The maximum atomic E-state index is 12.0. The van der Waals surface area contributed by atoms with Gasteiger partial charge in [0.05, 0.1) is 11.9 Å². The van der Waals surface area contributed by atoms with Gasteiger partial charge < -0.3 is 9.42 Å². The molecular weight excluding hydrogens is 318 g/mol. The summed E-state index contributed by atoms with van der Waals surface area (Å²) in [6.45, 7) is 1.57. The van der Waals surface area contributed by atoms with E-state index in [9.17, 15) is 4.79 Å². The van der Waals surface area contributed by atoms with E-state index in [0.29, 0.717) is 11.6 Å². The van der Waals surface area contributed by atoms with Gasteiger partial charge in [0.1, 0.15) is 5.02 Å². The predicted molar refractivity (Wildman–Crippen MR) is 84.9 cm³/mol. The Balaban J connectivity index is 1.56. The van der Waals surface area contributed by atoms with Crippen LogP contribution < -0.4 is 10.5 Å². The van der Waals surface area contributed by atoms with E-state index < -0.39 is 0 Å². The van der Waals surface area contributed by atoms with E-state index in [4.69, 9.17) is 16.1 Å². The van der Waals surface area contributed by atoms with Crippen LogP contribution in [0.15, 0.2) is 15.5 Å². The third-order valence-corrected chi connectivity index (χ3v) is 4.93. The number of hydrogen-bond acceptors (Lipinski definition) is 6. The normalized spacial score (nSPS) is 21.7. The Morgan fingerprint density at radius 3 is 2.91 bits per heavy atom. The maximum absolute atomic E-state index is 12.0. The molecule has 8 heteroatoms. The van der Waals surface area contributed by atoms with Gasteiger partial charge in [-0.15, -0.1) is 0 Å². The van der Waals surface area contributed by atoms with Crippen LogP contribution in [0.3, 0.4) is 0 Å². The van der Waals surface area contributed by atoms with E-state index in [1.54, 1.807) is 13.2 Å². The molecule has 1 saturated heterocycles. The Morgan fingerprint density at radius 2 is 2.13 bits per heavy atom. The van der Waals surface area contributed by atoms with Crippen LogP contribution in [0.25, 0.3) is 0 Å². The molecule has 1 aliphatic heterocycles. The second-order valence-corrected chi connectivity index (χ2v) is 6.70. The lowest BCUT2D eigenvalue weighted by molar-refractivity contribution is 0.366. The summed E-state index contributed by atoms with van der Waals surface area (Å²) < 4.78 is 6.61. The van der Waals surface area contributed by atoms with Crippen molar-refractivity contribution in [3.05, 3.63) is 33.3 Å². The molecule has 3 heterocycles. The molecule has 7 nitrogen and oxygen atoms in total. The smallest absolute Gasteiger partial charge is 0.287 e. The molecule has 122 valence electrons. The van der Waals surface area contributed by atoms with Crippen LogP contribution in [0.5, 0.6) is 0 Å². The van der Waals surface area contributed by atoms with Crippen molar-refractivity contribution in [3.8, 4) is 0 Å². The van der Waals surface area contributed by atoms with Crippen LogP contribution >= 0.6 is 11.6 Å². The number of anilines is 1. The molecule has 1 atom stereocenters. The molecule has 2 fully saturated rings. The monoisotopic (exact) mass is 335 g/mol. The highest BCUT2D eigenvalue weighted by Gasteiger charge is 2.32. The third kappa shape index (κ3) is 2.73. The molecular formula is C15H18ClN5O2. The van der Waals surface area contributed by atoms with Crippen LogP contribution in [-0.2, 0) is 7.05 Å². The zero-order chi connectivity index (χ0) is 16.0. The van der Waals surface area contributed by atoms with Gasteiger partial charge in [0, 0.05) is 32.0 Å². The SMILES string of the molecule is Cn1ncc(N2CCC[C@H](c3noc(C4CC4)n3)C2)c(Cl)c1=O. The number of nitrogens with zero attached hydrogens (tertiary/aromatic N) is 5. The molecule has 1 saturated carbocycles. The Kier molecular flexibility index (Phi) is 3.60. The average Bonchev–Trinajstić information content (AvgIpc) is 3.30. The first-order valence-corrected chi connectivity index (χ1v) is 8.31. The van der Waals surface area contributed by atoms with Crippen molar-refractivity contribution in [1.29, 1.82) is 0 Å². The van der Waals surface area contributed by atoms with Crippen molar-refractivity contribution >= 4 is 17.3 Å². The lowest BCUT2D eigenvalue weighted by Crippen LogP contribution is -2.36. The van der Waals surface area contributed by atoms with Gasteiger partial charge in [-0.05, 0) is 25.7 Å². The zero-order valence-electron chi connectivity index (χ0n) is 12.9. The maximum Gasteiger partial charge on any atom is 0.287 e. The molecule has 0 spiro atoms. The summed E-state index contributed by atoms with van der Waals surface area (Å²) in [7, 11) is 1.59. The van der Waals surface area contributed by atoms with Gasteiger partial charge in [-0.1, -0.05) is 16.8 Å². The third-order valence-electron chi connectivity index (χ3n) is 4.57. The number of piperidine rings is 1. The highest BCUT2D eigenvalue weighted by Crippen LogP contribution is 2.40. The first-order valence-electron chi connectivity index (χ1n) is 7.93. The minimum Gasteiger partial charge on any atom is -0.368 e. The van der Waals surface area contributed by atoms with Crippen molar-refractivity contribution in [2.45, 2.75) is 37.5 Å². The van der Waals surface area contributed by atoms with Gasteiger partial charge in [0.2, 0.25) is 5.89 Å². The molecule has 2 aromatic rings. The van der Waals surface area contributed by atoms with Crippen molar-refractivity contribution in [2.75, 3.05) is 18.0 Å². The second-order valence-electron chi connectivity index (χ2n) is 6.32. The summed E-state index contributed by atoms with van der Waals surface area (Å²) in [6, 6.07) is 0. The molecule has 0 aromatic carbocycles. The topological polar surface area (TPSA) is 77.1 Å². The summed E-state index contributed by atoms with van der Waals surface area (Å²) >= 11 is 6.21. The molecule has 2 aromatic heterocycles. The van der Waals surface area contributed by atoms with Crippen molar-refractivity contribution in [2.24, 2.45) is 7.05 Å². The Hall–Kier alpha value is -1.89. The van der Waals surface area contributed by atoms with Gasteiger partial charge in [0.15, 0.2) is 5.82 Å². The minimum absolute atomic E-state index is 0.195. The van der Waals surface area contributed by atoms with E-state index in [1.165, 1.54) is 4.68 Å². The molecule has 0 bridgehead atoms. The van der Waals surface area contributed by atoms with E-state index >= 15 is 0 Å². The molecule has 1 aliphatic carbocycles. The van der Waals surface area contributed by atoms with Crippen LogP contribution in [0, 0.1) is 0 Å². The summed E-state index contributed by atoms with van der Waals surface area (Å²) in [5.41, 5.74) is 0.409. The van der Waals surface area contributed by atoms with Gasteiger partial charge in [-0.2, -0.15) is 10.1 Å². The Morgan fingerprint density at radius 1 is 1.30 bits per heavy atom. The quantitative estimate of drug-likeness (QED) is 0.854. The number of rotatable bonds is 3. The summed E-state index contributed by atoms with van der Waals surface area (Å²) in [5.74, 6) is 2.20. The fourth-order valence-electron chi connectivity index (χ4n) is 3.04. The van der Waals surface area contributed by atoms with Gasteiger partial charge in [-0.25, -0.2) is 4.68 Å². The van der Waals surface area contributed by atoms with E-state index in [1.807, 2.05) is 0 Å². The second kappa shape index (κ2) is 5.63. The van der Waals surface area contributed by atoms with Crippen LogP contribution in [0.1, 0.15) is 49.2 Å². The average molecular weight is 336 g/mol. The molecule has 23 heavy (non-hydrogen) atoms. The van der Waals surface area contributed by atoms with Crippen LogP contribution in [0.4, 0.5) is 5.69 Å². The first kappa shape index (κ1) is 14.7. The summed E-state index contributed by atoms with van der Waals surface area (Å²) in [5, 5.41) is 8.45. The lowest BCUT2D eigenvalue weighted by Gasteiger charge is -2.33. The predicted octanol–water partition coefficient (Wildman–Crippen LogP) is 2.08. The van der Waals surface area contributed by atoms with E-state index in [-0.39, 0.29) is 16.5 Å². The fraction of sp³-hybridized carbons (Fsp3) is 0.600.